The van der Waals surface area contributed by atoms with Crippen LogP contribution in [0.4, 0.5) is 5.82 Å². The summed E-state index contributed by atoms with van der Waals surface area (Å²) in [6.45, 7) is 7.24. The molecule has 178 valence electrons. The number of carbonyl (C=O) groups excluding carboxylic acids is 1. The van der Waals surface area contributed by atoms with Gasteiger partial charge in [-0.2, -0.15) is 5.10 Å². The normalized spacial score (nSPS) is 15.6. The Labute approximate surface area is 206 Å². The summed E-state index contributed by atoms with van der Waals surface area (Å²) in [6.07, 6.45) is 3.84. The third-order valence-electron chi connectivity index (χ3n) is 6.65. The number of carbonyl (C=O) groups is 1. The first-order valence-electron chi connectivity index (χ1n) is 12.2. The molecular formula is C29H31N5O. The number of piperidine rings is 1. The Kier molecular flexibility index (Phi) is 6.91. The van der Waals surface area contributed by atoms with Crippen molar-refractivity contribution < 1.29 is 4.79 Å². The van der Waals surface area contributed by atoms with Crippen molar-refractivity contribution >= 4 is 22.5 Å². The van der Waals surface area contributed by atoms with E-state index in [1.807, 2.05) is 41.1 Å². The largest absolute Gasteiger partial charge is 0.348 e. The van der Waals surface area contributed by atoms with E-state index in [0.717, 1.165) is 53.5 Å². The first-order chi connectivity index (χ1) is 17.2. The van der Waals surface area contributed by atoms with Gasteiger partial charge >= 0.3 is 0 Å². The van der Waals surface area contributed by atoms with Crippen molar-refractivity contribution in [3.05, 3.63) is 108 Å². The predicted molar refractivity (Wildman–Crippen MR) is 141 cm³/mol. The molecule has 1 aliphatic rings. The van der Waals surface area contributed by atoms with Crippen LogP contribution in [0, 0.1) is 5.92 Å². The van der Waals surface area contributed by atoms with Crippen LogP contribution < -0.4 is 16.0 Å². The maximum absolute atomic E-state index is 13.4. The maximum Gasteiger partial charge on any atom is 0.256 e. The highest BCUT2D eigenvalue weighted by molar-refractivity contribution is 5.99. The number of anilines is 1. The fourth-order valence-corrected chi connectivity index (χ4v) is 4.68. The van der Waals surface area contributed by atoms with Gasteiger partial charge in [-0.3, -0.25) is 4.79 Å². The lowest BCUT2D eigenvalue weighted by molar-refractivity contribution is 0.0952. The first kappa shape index (κ1) is 22.9. The zero-order valence-electron chi connectivity index (χ0n) is 19.8. The molecule has 0 bridgehead atoms. The van der Waals surface area contributed by atoms with Crippen LogP contribution in [-0.2, 0) is 13.1 Å². The lowest BCUT2D eigenvalue weighted by Gasteiger charge is -2.26. The van der Waals surface area contributed by atoms with Gasteiger partial charge in [-0.1, -0.05) is 79.4 Å². The predicted octanol–water partition coefficient (Wildman–Crippen LogP) is 4.94. The number of aromatic nitrogens is 2. The summed E-state index contributed by atoms with van der Waals surface area (Å²) in [4.78, 5) is 13.4. The van der Waals surface area contributed by atoms with Crippen LogP contribution in [0.5, 0.6) is 0 Å². The zero-order chi connectivity index (χ0) is 24.0. The molecule has 6 nitrogen and oxygen atoms in total. The van der Waals surface area contributed by atoms with Gasteiger partial charge in [0.25, 0.3) is 5.91 Å². The van der Waals surface area contributed by atoms with Crippen LogP contribution in [0.1, 0.15) is 34.3 Å². The summed E-state index contributed by atoms with van der Waals surface area (Å²) in [7, 11) is 0. The molecule has 3 aromatic carbocycles. The second-order valence-corrected chi connectivity index (χ2v) is 9.06. The highest BCUT2D eigenvalue weighted by atomic mass is 16.1. The molecule has 4 aromatic rings. The Morgan fingerprint density at radius 2 is 1.86 bits per heavy atom. The maximum atomic E-state index is 13.4. The smallest absolute Gasteiger partial charge is 0.256 e. The molecule has 1 fully saturated rings. The molecule has 1 unspecified atom stereocenters. The molecule has 35 heavy (non-hydrogen) atoms. The van der Waals surface area contributed by atoms with Gasteiger partial charge in [0.15, 0.2) is 0 Å². The number of hydrogen-bond acceptors (Lipinski definition) is 4. The van der Waals surface area contributed by atoms with Gasteiger partial charge in [0.1, 0.15) is 11.4 Å². The van der Waals surface area contributed by atoms with Crippen molar-refractivity contribution in [1.82, 2.24) is 20.4 Å². The van der Waals surface area contributed by atoms with E-state index < -0.39 is 0 Å². The van der Waals surface area contributed by atoms with Gasteiger partial charge in [-0.05, 0) is 41.3 Å². The van der Waals surface area contributed by atoms with E-state index in [2.05, 4.69) is 64.0 Å². The Morgan fingerprint density at radius 3 is 2.69 bits per heavy atom. The van der Waals surface area contributed by atoms with E-state index in [9.17, 15) is 4.79 Å². The number of nitrogens with one attached hydrogen (secondary N) is 3. The summed E-state index contributed by atoms with van der Waals surface area (Å²) < 4.78 is 1.85. The lowest BCUT2D eigenvalue weighted by atomic mass is 9.96. The molecule has 0 spiro atoms. The molecule has 0 saturated carbocycles. The summed E-state index contributed by atoms with van der Waals surface area (Å²) in [5.41, 5.74) is 3.63. The van der Waals surface area contributed by atoms with Crippen LogP contribution in [0.25, 0.3) is 10.8 Å². The van der Waals surface area contributed by atoms with Crippen molar-refractivity contribution in [3.63, 3.8) is 0 Å². The summed E-state index contributed by atoms with van der Waals surface area (Å²) in [5.74, 6) is 0.838. The van der Waals surface area contributed by atoms with Crippen molar-refractivity contribution in [2.75, 3.05) is 18.4 Å². The Bertz CT molecular complexity index is 1320. The number of benzene rings is 3. The number of hydrogen-bond donors (Lipinski definition) is 3. The number of amides is 1. The third-order valence-corrected chi connectivity index (χ3v) is 6.65. The molecule has 1 aromatic heterocycles. The van der Waals surface area contributed by atoms with E-state index in [1.165, 1.54) is 0 Å². The average molecular weight is 466 g/mol. The van der Waals surface area contributed by atoms with E-state index in [1.54, 1.807) is 6.20 Å². The van der Waals surface area contributed by atoms with Gasteiger partial charge in [0, 0.05) is 24.7 Å². The average Bonchev–Trinajstić information content (AvgIpc) is 3.30. The van der Waals surface area contributed by atoms with E-state index in [4.69, 9.17) is 0 Å². The van der Waals surface area contributed by atoms with Crippen molar-refractivity contribution in [2.24, 2.45) is 5.92 Å². The fraction of sp³-hybridized carbons (Fsp3) is 0.241. The minimum Gasteiger partial charge on any atom is -0.348 e. The van der Waals surface area contributed by atoms with Gasteiger partial charge in [0.05, 0.1) is 12.7 Å². The second-order valence-electron chi connectivity index (χ2n) is 9.06. The molecular weight excluding hydrogens is 434 g/mol. The molecule has 1 aliphatic heterocycles. The standard InChI is InChI=1S/C29H31N5O/c1-21(24-14-8-16-30-17-24)33-28-27(19-32-34(28)20-22-9-3-2-4-10-22)29(35)31-18-25-13-7-12-23-11-5-6-15-26(23)25/h2-7,9-13,15,19,24,30,33H,1,8,14,16-18,20H2,(H,31,35). The molecule has 5 rings (SSSR count). The lowest BCUT2D eigenvalue weighted by Crippen LogP contribution is -2.32. The van der Waals surface area contributed by atoms with Crippen LogP contribution in [0.3, 0.4) is 0 Å². The number of rotatable bonds is 8. The van der Waals surface area contributed by atoms with Gasteiger partial charge in [0.2, 0.25) is 0 Å². The SMILES string of the molecule is C=C(Nc1c(C(=O)NCc2cccc3ccccc23)cnn1Cc1ccccc1)C1CCCNC1. The van der Waals surface area contributed by atoms with Gasteiger partial charge in [-0.15, -0.1) is 0 Å². The quantitative estimate of drug-likeness (QED) is 0.345. The summed E-state index contributed by atoms with van der Waals surface area (Å²) in [5, 5.41) is 16.9. The molecule has 3 N–H and O–H groups in total. The van der Waals surface area contributed by atoms with Gasteiger partial charge < -0.3 is 16.0 Å². The fourth-order valence-electron chi connectivity index (χ4n) is 4.68. The van der Waals surface area contributed by atoms with Gasteiger partial charge in [-0.25, -0.2) is 4.68 Å². The number of fused-ring (bicyclic) bond motifs is 1. The number of nitrogens with zero attached hydrogens (tertiary/aromatic N) is 2. The Balaban J connectivity index is 1.38. The van der Waals surface area contributed by atoms with Crippen molar-refractivity contribution in [1.29, 1.82) is 0 Å². The monoisotopic (exact) mass is 465 g/mol. The minimum absolute atomic E-state index is 0.158. The van der Waals surface area contributed by atoms with Crippen molar-refractivity contribution in [2.45, 2.75) is 25.9 Å². The topological polar surface area (TPSA) is 71.0 Å². The van der Waals surface area contributed by atoms with Crippen LogP contribution in [-0.4, -0.2) is 28.8 Å². The summed E-state index contributed by atoms with van der Waals surface area (Å²) in [6, 6.07) is 24.5. The molecule has 1 saturated heterocycles. The highest BCUT2D eigenvalue weighted by Crippen LogP contribution is 2.25. The third kappa shape index (κ3) is 5.28. The van der Waals surface area contributed by atoms with E-state index in [-0.39, 0.29) is 5.91 Å². The first-order valence-corrected chi connectivity index (χ1v) is 12.2. The molecule has 1 amide bonds. The minimum atomic E-state index is -0.158. The Morgan fingerprint density at radius 1 is 1.06 bits per heavy atom. The molecule has 0 radical (unpaired) electrons. The molecule has 2 heterocycles. The van der Waals surface area contributed by atoms with Crippen LogP contribution in [0.2, 0.25) is 0 Å². The Hall–Kier alpha value is -3.90. The van der Waals surface area contributed by atoms with Crippen molar-refractivity contribution in [3.8, 4) is 0 Å². The molecule has 6 heteroatoms. The van der Waals surface area contributed by atoms with Crippen LogP contribution in [0.15, 0.2) is 91.3 Å². The molecule has 1 atom stereocenters. The van der Waals surface area contributed by atoms with E-state index in [0.29, 0.717) is 30.4 Å². The highest BCUT2D eigenvalue weighted by Gasteiger charge is 2.22. The molecule has 0 aliphatic carbocycles. The van der Waals surface area contributed by atoms with Crippen LogP contribution >= 0.6 is 0 Å². The summed E-state index contributed by atoms with van der Waals surface area (Å²) >= 11 is 0. The van der Waals surface area contributed by atoms with E-state index >= 15 is 0 Å². The second kappa shape index (κ2) is 10.6. The zero-order valence-corrected chi connectivity index (χ0v) is 19.8.